The average molecular weight is 509 g/mol. The number of hydrogen-bond donors (Lipinski definition) is 3. The first-order chi connectivity index (χ1) is 16.7. The van der Waals surface area contributed by atoms with Crippen LogP contribution in [0.3, 0.4) is 0 Å². The van der Waals surface area contributed by atoms with E-state index in [-0.39, 0.29) is 29.7 Å². The van der Waals surface area contributed by atoms with Crippen molar-refractivity contribution in [2.24, 2.45) is 16.5 Å². The van der Waals surface area contributed by atoms with E-state index in [1.807, 2.05) is 0 Å². The summed E-state index contributed by atoms with van der Waals surface area (Å²) < 4.78 is 55.9. The molecule has 0 bridgehead atoms. The summed E-state index contributed by atoms with van der Waals surface area (Å²) in [6.07, 6.45) is -1.93. The normalized spacial score (nSPS) is 12.1. The number of unbranched alkanes of at least 4 members (excludes halogenated alkanes) is 1. The topological polar surface area (TPSA) is 94.2 Å². The van der Waals surface area contributed by atoms with Gasteiger partial charge in [0.2, 0.25) is 0 Å². The van der Waals surface area contributed by atoms with E-state index in [2.05, 4.69) is 21.9 Å². The molecule has 1 heterocycles. The Balaban J connectivity index is 2.06. The first-order valence-corrected chi connectivity index (χ1v) is 11.2. The fourth-order valence-corrected chi connectivity index (χ4v) is 3.77. The lowest BCUT2D eigenvalue weighted by Crippen LogP contribution is -2.31. The second-order valence-electron chi connectivity index (χ2n) is 7.60. The molecular formula is C24H25ClF4N6. The maximum Gasteiger partial charge on any atom is 0.417 e. The van der Waals surface area contributed by atoms with E-state index in [1.54, 1.807) is 22.8 Å². The predicted octanol–water partition coefficient (Wildman–Crippen LogP) is 5.48. The summed E-state index contributed by atoms with van der Waals surface area (Å²) >= 11 is 6.18. The van der Waals surface area contributed by atoms with Crippen LogP contribution in [-0.4, -0.2) is 22.1 Å². The first-order valence-electron chi connectivity index (χ1n) is 10.8. The highest BCUT2D eigenvalue weighted by molar-refractivity contribution is 6.34. The first kappa shape index (κ1) is 26.2. The third kappa shape index (κ3) is 6.20. The van der Waals surface area contributed by atoms with Gasteiger partial charge >= 0.3 is 6.18 Å². The minimum atomic E-state index is -4.63. The third-order valence-electron chi connectivity index (χ3n) is 5.19. The molecule has 1 aromatic heterocycles. The Hall–Kier alpha value is -3.37. The van der Waals surface area contributed by atoms with Crippen LogP contribution in [0, 0.1) is 5.82 Å². The van der Waals surface area contributed by atoms with Crippen molar-refractivity contribution in [3.63, 3.8) is 0 Å². The lowest BCUT2D eigenvalue weighted by molar-refractivity contribution is -0.137. The van der Waals surface area contributed by atoms with Gasteiger partial charge in [-0.25, -0.2) is 9.37 Å². The summed E-state index contributed by atoms with van der Waals surface area (Å²) in [6.45, 7) is 4.61. The smallest absolute Gasteiger partial charge is 0.370 e. The monoisotopic (exact) mass is 508 g/mol. The number of guanidine groups is 1. The Morgan fingerprint density at radius 1 is 1.17 bits per heavy atom. The van der Waals surface area contributed by atoms with Crippen molar-refractivity contribution in [1.82, 2.24) is 14.9 Å². The Labute approximate surface area is 205 Å². The van der Waals surface area contributed by atoms with Gasteiger partial charge in [0, 0.05) is 24.2 Å². The molecule has 0 aliphatic carbocycles. The van der Waals surface area contributed by atoms with E-state index < -0.39 is 22.6 Å². The number of nitrogens with zero attached hydrogens (tertiary/aromatic N) is 3. The maximum atomic E-state index is 13.9. The second kappa shape index (κ2) is 11.4. The molecule has 0 unspecified atom stereocenters. The van der Waals surface area contributed by atoms with Crippen molar-refractivity contribution in [2.75, 3.05) is 6.54 Å². The number of hydrogen-bond acceptors (Lipinski definition) is 3. The minimum Gasteiger partial charge on any atom is -0.370 e. The van der Waals surface area contributed by atoms with E-state index in [9.17, 15) is 17.6 Å². The quantitative estimate of drug-likeness (QED) is 0.154. The van der Waals surface area contributed by atoms with Crippen LogP contribution >= 0.6 is 11.6 Å². The van der Waals surface area contributed by atoms with E-state index in [4.69, 9.17) is 23.1 Å². The molecule has 2 aromatic carbocycles. The molecule has 0 saturated heterocycles. The van der Waals surface area contributed by atoms with Gasteiger partial charge < -0.3 is 21.4 Å². The number of benzene rings is 2. The predicted molar refractivity (Wildman–Crippen MR) is 131 cm³/mol. The second-order valence-corrected chi connectivity index (χ2v) is 7.98. The van der Waals surface area contributed by atoms with Crippen LogP contribution in [0.25, 0.3) is 17.5 Å². The van der Waals surface area contributed by atoms with E-state index in [1.165, 1.54) is 24.3 Å². The molecule has 35 heavy (non-hydrogen) atoms. The molecule has 3 rings (SSSR count). The molecule has 11 heteroatoms. The molecule has 3 aromatic rings. The van der Waals surface area contributed by atoms with E-state index in [0.717, 1.165) is 6.07 Å². The maximum absolute atomic E-state index is 13.9. The Bertz CT molecular complexity index is 1220. The van der Waals surface area contributed by atoms with Gasteiger partial charge in [-0.2, -0.15) is 18.2 Å². The zero-order chi connectivity index (χ0) is 25.6. The average Bonchev–Trinajstić information content (AvgIpc) is 3.15. The zero-order valence-corrected chi connectivity index (χ0v) is 19.5. The highest BCUT2D eigenvalue weighted by atomic mass is 35.5. The largest absolute Gasteiger partial charge is 0.417 e. The lowest BCUT2D eigenvalue weighted by Gasteiger charge is -2.14. The molecule has 6 nitrogen and oxygen atoms in total. The van der Waals surface area contributed by atoms with Crippen molar-refractivity contribution in [1.29, 1.82) is 0 Å². The molecule has 0 saturated carbocycles. The van der Waals surface area contributed by atoms with Crippen LogP contribution < -0.4 is 16.8 Å². The van der Waals surface area contributed by atoms with Crippen LogP contribution in [0.1, 0.15) is 29.7 Å². The van der Waals surface area contributed by atoms with Crippen molar-refractivity contribution >= 4 is 29.5 Å². The Kier molecular flexibility index (Phi) is 8.52. The highest BCUT2D eigenvalue weighted by Crippen LogP contribution is 2.41. The number of rotatable bonds is 9. The van der Waals surface area contributed by atoms with Gasteiger partial charge in [0.25, 0.3) is 0 Å². The van der Waals surface area contributed by atoms with Gasteiger partial charge in [-0.1, -0.05) is 42.4 Å². The molecule has 0 spiro atoms. The summed E-state index contributed by atoms with van der Waals surface area (Å²) in [7, 11) is 0. The van der Waals surface area contributed by atoms with Crippen molar-refractivity contribution in [2.45, 2.75) is 32.1 Å². The zero-order valence-electron chi connectivity index (χ0n) is 18.7. The number of aromatic nitrogens is 2. The lowest BCUT2D eigenvalue weighted by atomic mass is 10.1. The fraction of sp³-hybridized carbons (Fsp3) is 0.250. The van der Waals surface area contributed by atoms with Gasteiger partial charge in [-0.05, 0) is 43.7 Å². The van der Waals surface area contributed by atoms with Crippen LogP contribution in [0.15, 0.2) is 54.0 Å². The standard InChI is InChI=1S/C24H25ClF4N6/c1-2-19-22(34-23(31)32-14-15-8-3-4-11-18(15)26)35(13-6-5-12-30)21(33-19)16-9-7-10-17(20(16)25)24(27,28)29/h2-4,7-11H,1,5-6,12-14,30H2,(H3,31,32,34). The molecule has 0 aliphatic heterocycles. The molecule has 0 amide bonds. The molecule has 0 fully saturated rings. The number of nitrogens with one attached hydrogen (secondary N) is 1. The van der Waals surface area contributed by atoms with Crippen molar-refractivity contribution in [3.05, 3.63) is 76.7 Å². The molecule has 5 N–H and O–H groups in total. The summed E-state index contributed by atoms with van der Waals surface area (Å²) in [5.74, 6) is 0.0404. The fourth-order valence-electron chi connectivity index (χ4n) is 3.45. The molecular weight excluding hydrogens is 484 g/mol. The SMILES string of the molecule is C=Cc1nc(-c2cccc(C(F)(F)F)c2Cl)n(CCCCN)c1/N=C(\N)NCc1ccccc1F. The van der Waals surface area contributed by atoms with Gasteiger partial charge in [0.15, 0.2) is 11.8 Å². The number of nitrogens with two attached hydrogens (primary N) is 2. The van der Waals surface area contributed by atoms with Gasteiger partial charge in [0.1, 0.15) is 17.3 Å². The summed E-state index contributed by atoms with van der Waals surface area (Å²) in [5, 5.41) is 2.37. The summed E-state index contributed by atoms with van der Waals surface area (Å²) in [5.41, 5.74) is 11.5. The molecule has 186 valence electrons. The van der Waals surface area contributed by atoms with Gasteiger partial charge in [-0.3, -0.25) is 0 Å². The minimum absolute atomic E-state index is 0.0296. The Morgan fingerprint density at radius 2 is 1.91 bits per heavy atom. The van der Waals surface area contributed by atoms with Crippen LogP contribution in [-0.2, 0) is 19.3 Å². The van der Waals surface area contributed by atoms with Crippen LogP contribution in [0.2, 0.25) is 5.02 Å². The Morgan fingerprint density at radius 3 is 2.57 bits per heavy atom. The van der Waals surface area contributed by atoms with Crippen molar-refractivity contribution in [3.8, 4) is 11.4 Å². The third-order valence-corrected chi connectivity index (χ3v) is 5.59. The van der Waals surface area contributed by atoms with Gasteiger partial charge in [0.05, 0.1) is 10.6 Å². The molecule has 0 radical (unpaired) electrons. The number of aliphatic imine (C=N–C) groups is 1. The number of halogens is 5. The van der Waals surface area contributed by atoms with E-state index in [0.29, 0.717) is 37.2 Å². The van der Waals surface area contributed by atoms with Crippen LogP contribution in [0.5, 0.6) is 0 Å². The highest BCUT2D eigenvalue weighted by Gasteiger charge is 2.34. The van der Waals surface area contributed by atoms with Gasteiger partial charge in [-0.15, -0.1) is 0 Å². The molecule has 0 atom stereocenters. The van der Waals surface area contributed by atoms with Crippen molar-refractivity contribution < 1.29 is 17.6 Å². The number of imidazole rings is 1. The summed E-state index contributed by atoms with van der Waals surface area (Å²) in [4.78, 5) is 8.85. The van der Waals surface area contributed by atoms with Crippen LogP contribution in [0.4, 0.5) is 23.4 Å². The number of alkyl halides is 3. The van der Waals surface area contributed by atoms with E-state index >= 15 is 0 Å². The summed E-state index contributed by atoms with van der Waals surface area (Å²) in [6, 6.07) is 9.84. The molecule has 0 aliphatic rings.